The van der Waals surface area contributed by atoms with E-state index in [9.17, 15) is 9.18 Å². The number of rotatable bonds is 2. The number of aromatic nitrogens is 2. The Morgan fingerprint density at radius 1 is 1.30 bits per heavy atom. The van der Waals surface area contributed by atoms with E-state index in [1.54, 1.807) is 0 Å². The van der Waals surface area contributed by atoms with Gasteiger partial charge in [-0.2, -0.15) is 0 Å². The van der Waals surface area contributed by atoms with Crippen molar-refractivity contribution >= 4 is 23.2 Å². The molecule has 0 fully saturated rings. The predicted molar refractivity (Wildman–Crippen MR) is 76.2 cm³/mol. The number of aryl methyl sites for hydroxylation is 1. The fraction of sp³-hybridized carbons (Fsp3) is 0.286. The summed E-state index contributed by atoms with van der Waals surface area (Å²) in [6.45, 7) is 0. The minimum atomic E-state index is -0.449. The molecular weight excluding hydrogens is 281 g/mol. The molecule has 1 aliphatic rings. The minimum Gasteiger partial charge on any atom is -0.323 e. The molecule has 1 aliphatic carbocycles. The van der Waals surface area contributed by atoms with E-state index >= 15 is 0 Å². The standard InChI is InChI=1S/C14H13ClFN3O/c15-8-5-6-10(16)12(7-8)18-14-17-11-4-2-1-3-9(11)13(20)19-14/h5-7H,1-4H2,(H2,17,18,19,20). The molecule has 6 heteroatoms. The van der Waals surface area contributed by atoms with Crippen molar-refractivity contribution in [3.05, 3.63) is 50.7 Å². The second kappa shape index (κ2) is 5.25. The van der Waals surface area contributed by atoms with Crippen molar-refractivity contribution in [2.75, 3.05) is 5.32 Å². The maximum absolute atomic E-state index is 13.7. The van der Waals surface area contributed by atoms with Crippen LogP contribution in [-0.4, -0.2) is 9.97 Å². The van der Waals surface area contributed by atoms with E-state index < -0.39 is 5.82 Å². The van der Waals surface area contributed by atoms with Crippen LogP contribution < -0.4 is 10.9 Å². The van der Waals surface area contributed by atoms with Crippen molar-refractivity contribution in [2.24, 2.45) is 0 Å². The number of hydrogen-bond donors (Lipinski definition) is 2. The Balaban J connectivity index is 1.97. The van der Waals surface area contributed by atoms with Crippen molar-refractivity contribution in [1.29, 1.82) is 0 Å². The summed E-state index contributed by atoms with van der Waals surface area (Å²) in [5.74, 6) is -0.202. The van der Waals surface area contributed by atoms with E-state index in [1.807, 2.05) is 0 Å². The highest BCUT2D eigenvalue weighted by Gasteiger charge is 2.16. The summed E-state index contributed by atoms with van der Waals surface area (Å²) in [7, 11) is 0. The van der Waals surface area contributed by atoms with Crippen LogP contribution in [0.1, 0.15) is 24.1 Å². The maximum atomic E-state index is 13.7. The first-order valence-electron chi connectivity index (χ1n) is 6.47. The van der Waals surface area contributed by atoms with Crippen LogP contribution >= 0.6 is 11.6 Å². The lowest BCUT2D eigenvalue weighted by Crippen LogP contribution is -2.22. The van der Waals surface area contributed by atoms with Crippen molar-refractivity contribution in [3.63, 3.8) is 0 Å². The fourth-order valence-corrected chi connectivity index (χ4v) is 2.56. The zero-order valence-corrected chi connectivity index (χ0v) is 11.4. The van der Waals surface area contributed by atoms with Crippen LogP contribution in [-0.2, 0) is 12.8 Å². The zero-order valence-electron chi connectivity index (χ0n) is 10.7. The molecule has 0 spiro atoms. The first kappa shape index (κ1) is 13.1. The third kappa shape index (κ3) is 2.54. The molecule has 104 valence electrons. The topological polar surface area (TPSA) is 57.8 Å². The Morgan fingerprint density at radius 2 is 2.10 bits per heavy atom. The van der Waals surface area contributed by atoms with Crippen LogP contribution in [0, 0.1) is 5.82 Å². The number of H-pyrrole nitrogens is 1. The molecule has 1 aromatic carbocycles. The van der Waals surface area contributed by atoms with Gasteiger partial charge in [-0.25, -0.2) is 9.37 Å². The number of anilines is 2. The molecule has 0 radical (unpaired) electrons. The van der Waals surface area contributed by atoms with E-state index in [0.717, 1.165) is 36.9 Å². The zero-order chi connectivity index (χ0) is 14.1. The third-order valence-corrected chi connectivity index (χ3v) is 3.61. The number of nitrogens with zero attached hydrogens (tertiary/aromatic N) is 1. The summed E-state index contributed by atoms with van der Waals surface area (Å²) >= 11 is 5.83. The molecule has 1 aromatic heterocycles. The molecule has 3 rings (SSSR count). The lowest BCUT2D eigenvalue weighted by atomic mass is 9.97. The molecular formula is C14H13ClFN3O. The highest BCUT2D eigenvalue weighted by molar-refractivity contribution is 6.30. The largest absolute Gasteiger partial charge is 0.323 e. The lowest BCUT2D eigenvalue weighted by molar-refractivity contribution is 0.631. The molecule has 20 heavy (non-hydrogen) atoms. The number of aromatic amines is 1. The van der Waals surface area contributed by atoms with Crippen LogP contribution in [0.5, 0.6) is 0 Å². The normalized spacial score (nSPS) is 13.9. The molecule has 0 unspecified atom stereocenters. The molecule has 0 atom stereocenters. The number of fused-ring (bicyclic) bond motifs is 1. The van der Waals surface area contributed by atoms with Gasteiger partial charge >= 0.3 is 0 Å². The van der Waals surface area contributed by atoms with Crippen LogP contribution in [0.2, 0.25) is 5.02 Å². The highest BCUT2D eigenvalue weighted by atomic mass is 35.5. The number of nitrogens with one attached hydrogen (secondary N) is 2. The molecule has 0 aliphatic heterocycles. The van der Waals surface area contributed by atoms with Gasteiger partial charge in [0.25, 0.3) is 5.56 Å². The summed E-state index contributed by atoms with van der Waals surface area (Å²) in [5.41, 5.74) is 1.58. The van der Waals surface area contributed by atoms with Gasteiger partial charge in [-0.1, -0.05) is 11.6 Å². The van der Waals surface area contributed by atoms with Gasteiger partial charge in [0.1, 0.15) is 5.82 Å². The summed E-state index contributed by atoms with van der Waals surface area (Å²) in [6.07, 6.45) is 3.57. The van der Waals surface area contributed by atoms with Gasteiger partial charge in [0.15, 0.2) is 0 Å². The van der Waals surface area contributed by atoms with Gasteiger partial charge < -0.3 is 5.32 Å². The molecule has 0 saturated heterocycles. The minimum absolute atomic E-state index is 0.153. The van der Waals surface area contributed by atoms with Crippen molar-refractivity contribution in [1.82, 2.24) is 9.97 Å². The third-order valence-electron chi connectivity index (χ3n) is 3.37. The van der Waals surface area contributed by atoms with Crippen LogP contribution in [0.15, 0.2) is 23.0 Å². The van der Waals surface area contributed by atoms with Crippen LogP contribution in [0.3, 0.4) is 0 Å². The van der Waals surface area contributed by atoms with Crippen LogP contribution in [0.25, 0.3) is 0 Å². The maximum Gasteiger partial charge on any atom is 0.255 e. The van der Waals surface area contributed by atoms with E-state index in [2.05, 4.69) is 15.3 Å². The Hall–Kier alpha value is -1.88. The van der Waals surface area contributed by atoms with Gasteiger partial charge in [-0.05, 0) is 43.9 Å². The Bertz CT molecular complexity index is 714. The van der Waals surface area contributed by atoms with E-state index in [0.29, 0.717) is 5.02 Å². The van der Waals surface area contributed by atoms with Gasteiger partial charge in [0.05, 0.1) is 11.4 Å². The number of benzene rings is 1. The summed E-state index contributed by atoms with van der Waals surface area (Å²) in [5, 5.41) is 3.19. The number of halogens is 2. The molecule has 2 aromatic rings. The smallest absolute Gasteiger partial charge is 0.255 e. The molecule has 0 saturated carbocycles. The Morgan fingerprint density at radius 3 is 2.95 bits per heavy atom. The summed E-state index contributed by atoms with van der Waals surface area (Å²) in [4.78, 5) is 19.0. The van der Waals surface area contributed by atoms with Crippen molar-refractivity contribution in [3.8, 4) is 0 Å². The fourth-order valence-electron chi connectivity index (χ4n) is 2.38. The molecule has 0 bridgehead atoms. The summed E-state index contributed by atoms with van der Waals surface area (Å²) in [6, 6.07) is 4.18. The quantitative estimate of drug-likeness (QED) is 0.894. The number of hydrogen-bond acceptors (Lipinski definition) is 3. The second-order valence-electron chi connectivity index (χ2n) is 4.80. The van der Waals surface area contributed by atoms with Gasteiger partial charge in [-0.15, -0.1) is 0 Å². The molecule has 1 heterocycles. The molecule has 2 N–H and O–H groups in total. The second-order valence-corrected chi connectivity index (χ2v) is 5.23. The predicted octanol–water partition coefficient (Wildman–Crippen LogP) is 3.18. The Labute approximate surface area is 120 Å². The van der Waals surface area contributed by atoms with Crippen molar-refractivity contribution in [2.45, 2.75) is 25.7 Å². The van der Waals surface area contributed by atoms with Crippen molar-refractivity contribution < 1.29 is 4.39 Å². The SMILES string of the molecule is O=c1[nH]c(Nc2cc(Cl)ccc2F)nc2c1CCCC2. The van der Waals surface area contributed by atoms with E-state index in [-0.39, 0.29) is 17.2 Å². The first-order chi connectivity index (χ1) is 9.63. The average molecular weight is 294 g/mol. The summed E-state index contributed by atoms with van der Waals surface area (Å²) < 4.78 is 13.7. The van der Waals surface area contributed by atoms with Gasteiger partial charge in [0.2, 0.25) is 5.95 Å². The highest BCUT2D eigenvalue weighted by Crippen LogP contribution is 2.23. The van der Waals surface area contributed by atoms with Gasteiger partial charge in [0, 0.05) is 10.6 Å². The van der Waals surface area contributed by atoms with Crippen LogP contribution in [0.4, 0.5) is 16.0 Å². The first-order valence-corrected chi connectivity index (χ1v) is 6.85. The van der Waals surface area contributed by atoms with E-state index in [4.69, 9.17) is 11.6 Å². The van der Waals surface area contributed by atoms with E-state index in [1.165, 1.54) is 18.2 Å². The lowest BCUT2D eigenvalue weighted by Gasteiger charge is -2.15. The molecule has 4 nitrogen and oxygen atoms in total. The van der Waals surface area contributed by atoms with Gasteiger partial charge in [-0.3, -0.25) is 9.78 Å². The monoisotopic (exact) mass is 293 g/mol. The molecule has 0 amide bonds. The Kier molecular flexibility index (Phi) is 3.44. The average Bonchev–Trinajstić information content (AvgIpc) is 2.43.